The normalized spacial score (nSPS) is 17.4. The maximum atomic E-state index is 5.35. The smallest absolute Gasteiger partial charge is 0.113 e. The fourth-order valence-corrected chi connectivity index (χ4v) is 2.26. The van der Waals surface area contributed by atoms with Gasteiger partial charge in [0.05, 0.1) is 25.4 Å². The molecule has 96 valence electrons. The number of ether oxygens (including phenoxy) is 1. The second-order valence-corrected chi connectivity index (χ2v) is 4.89. The molecule has 0 saturated carbocycles. The van der Waals surface area contributed by atoms with Crippen molar-refractivity contribution in [1.29, 1.82) is 0 Å². The van der Waals surface area contributed by atoms with E-state index in [1.807, 2.05) is 4.68 Å². The van der Waals surface area contributed by atoms with Crippen LogP contribution in [-0.2, 0) is 11.4 Å². The molecule has 0 radical (unpaired) electrons. The highest BCUT2D eigenvalue weighted by Gasteiger charge is 2.13. The predicted octanol–water partition coefficient (Wildman–Crippen LogP) is 1.34. The van der Waals surface area contributed by atoms with Crippen LogP contribution in [0.25, 0.3) is 11.0 Å². The van der Waals surface area contributed by atoms with Gasteiger partial charge in [0.15, 0.2) is 0 Å². The number of aryl methyl sites for hydroxylation is 2. The second kappa shape index (κ2) is 4.66. The molecular formula is C13H18N4O. The Hall–Kier alpha value is -1.46. The number of morpholine rings is 1. The molecule has 1 saturated heterocycles. The van der Waals surface area contributed by atoms with Gasteiger partial charge in [-0.2, -0.15) is 0 Å². The summed E-state index contributed by atoms with van der Waals surface area (Å²) in [4.78, 5) is 2.34. The van der Waals surface area contributed by atoms with Gasteiger partial charge in [-0.3, -0.25) is 4.90 Å². The maximum Gasteiger partial charge on any atom is 0.113 e. The zero-order valence-electron chi connectivity index (χ0n) is 10.9. The molecule has 1 fully saturated rings. The van der Waals surface area contributed by atoms with E-state index < -0.39 is 0 Å². The predicted molar refractivity (Wildman–Crippen MR) is 69.4 cm³/mol. The van der Waals surface area contributed by atoms with Gasteiger partial charge in [0, 0.05) is 13.1 Å². The third kappa shape index (κ3) is 2.11. The van der Waals surface area contributed by atoms with Crippen LogP contribution in [0, 0.1) is 13.8 Å². The summed E-state index contributed by atoms with van der Waals surface area (Å²) in [5.74, 6) is 0. The molecular weight excluding hydrogens is 228 g/mol. The van der Waals surface area contributed by atoms with Gasteiger partial charge >= 0.3 is 0 Å². The molecule has 2 aromatic rings. The zero-order valence-corrected chi connectivity index (χ0v) is 10.9. The van der Waals surface area contributed by atoms with Crippen LogP contribution in [0.5, 0.6) is 0 Å². The number of benzene rings is 1. The largest absolute Gasteiger partial charge is 0.379 e. The molecule has 0 spiro atoms. The molecule has 1 aliphatic rings. The Labute approximate surface area is 106 Å². The number of hydrogen-bond donors (Lipinski definition) is 0. The van der Waals surface area contributed by atoms with Crippen LogP contribution in [0.1, 0.15) is 11.1 Å². The molecule has 0 amide bonds. The summed E-state index contributed by atoms with van der Waals surface area (Å²) in [6, 6.07) is 4.28. The van der Waals surface area contributed by atoms with Crippen LogP contribution < -0.4 is 0 Å². The van der Waals surface area contributed by atoms with E-state index >= 15 is 0 Å². The number of fused-ring (bicyclic) bond motifs is 1. The monoisotopic (exact) mass is 246 g/mol. The molecule has 0 aliphatic carbocycles. The minimum atomic E-state index is 0.794. The van der Waals surface area contributed by atoms with Gasteiger partial charge in [-0.15, -0.1) is 5.10 Å². The van der Waals surface area contributed by atoms with Gasteiger partial charge in [-0.05, 0) is 37.1 Å². The van der Waals surface area contributed by atoms with E-state index in [4.69, 9.17) is 4.74 Å². The number of aromatic nitrogens is 3. The Kier molecular flexibility index (Phi) is 3.01. The molecule has 1 aliphatic heterocycles. The van der Waals surface area contributed by atoms with Gasteiger partial charge in [0.1, 0.15) is 5.52 Å². The van der Waals surface area contributed by atoms with E-state index in [0.29, 0.717) is 0 Å². The minimum Gasteiger partial charge on any atom is -0.379 e. The van der Waals surface area contributed by atoms with Crippen molar-refractivity contribution in [3.8, 4) is 0 Å². The Morgan fingerprint density at radius 2 is 1.89 bits per heavy atom. The fourth-order valence-electron chi connectivity index (χ4n) is 2.26. The molecule has 1 aromatic heterocycles. The zero-order chi connectivity index (χ0) is 12.5. The first-order chi connectivity index (χ1) is 8.74. The third-order valence-electron chi connectivity index (χ3n) is 3.57. The summed E-state index contributed by atoms with van der Waals surface area (Å²) in [5, 5.41) is 8.50. The molecule has 0 unspecified atom stereocenters. The first-order valence-electron chi connectivity index (χ1n) is 6.34. The van der Waals surface area contributed by atoms with Gasteiger partial charge in [0.2, 0.25) is 0 Å². The molecule has 0 N–H and O–H groups in total. The Bertz CT molecular complexity index is 557. The van der Waals surface area contributed by atoms with Crippen molar-refractivity contribution >= 4 is 11.0 Å². The number of rotatable bonds is 2. The van der Waals surface area contributed by atoms with Crippen molar-refractivity contribution in [3.63, 3.8) is 0 Å². The third-order valence-corrected chi connectivity index (χ3v) is 3.57. The van der Waals surface area contributed by atoms with Gasteiger partial charge in [0.25, 0.3) is 0 Å². The lowest BCUT2D eigenvalue weighted by molar-refractivity contribution is 0.0218. The van der Waals surface area contributed by atoms with E-state index in [0.717, 1.165) is 44.0 Å². The van der Waals surface area contributed by atoms with E-state index in [1.54, 1.807) is 0 Å². The Balaban J connectivity index is 1.89. The van der Waals surface area contributed by atoms with Gasteiger partial charge in [-0.25, -0.2) is 4.68 Å². The number of hydrogen-bond acceptors (Lipinski definition) is 4. The van der Waals surface area contributed by atoms with E-state index in [9.17, 15) is 0 Å². The van der Waals surface area contributed by atoms with Gasteiger partial charge in [-0.1, -0.05) is 5.21 Å². The van der Waals surface area contributed by atoms with Crippen molar-refractivity contribution in [3.05, 3.63) is 23.3 Å². The highest BCUT2D eigenvalue weighted by atomic mass is 16.5. The van der Waals surface area contributed by atoms with E-state index in [1.165, 1.54) is 11.1 Å². The van der Waals surface area contributed by atoms with Crippen LogP contribution in [0.2, 0.25) is 0 Å². The minimum absolute atomic E-state index is 0.794. The summed E-state index contributed by atoms with van der Waals surface area (Å²) >= 11 is 0. The lowest BCUT2D eigenvalue weighted by atomic mass is 10.1. The average molecular weight is 246 g/mol. The Morgan fingerprint density at radius 1 is 1.17 bits per heavy atom. The highest BCUT2D eigenvalue weighted by Crippen LogP contribution is 2.17. The van der Waals surface area contributed by atoms with Crippen LogP contribution in [-0.4, -0.2) is 46.2 Å². The van der Waals surface area contributed by atoms with Crippen LogP contribution in [0.4, 0.5) is 0 Å². The van der Waals surface area contributed by atoms with Crippen molar-refractivity contribution in [2.75, 3.05) is 26.3 Å². The molecule has 0 atom stereocenters. The van der Waals surface area contributed by atoms with Crippen molar-refractivity contribution in [2.24, 2.45) is 0 Å². The highest BCUT2D eigenvalue weighted by molar-refractivity contribution is 5.76. The van der Waals surface area contributed by atoms with Crippen molar-refractivity contribution in [1.82, 2.24) is 19.9 Å². The van der Waals surface area contributed by atoms with E-state index in [2.05, 4.69) is 41.2 Å². The topological polar surface area (TPSA) is 43.2 Å². The SMILES string of the molecule is Cc1cc2nnn(CN3CCOCC3)c2cc1C. The van der Waals surface area contributed by atoms with Crippen LogP contribution >= 0.6 is 0 Å². The molecule has 0 bridgehead atoms. The quantitative estimate of drug-likeness (QED) is 0.802. The maximum absolute atomic E-state index is 5.35. The molecule has 1 aromatic carbocycles. The summed E-state index contributed by atoms with van der Waals surface area (Å²) in [6.07, 6.45) is 0. The summed E-state index contributed by atoms with van der Waals surface area (Å²) in [5.41, 5.74) is 4.64. The molecule has 2 heterocycles. The van der Waals surface area contributed by atoms with E-state index in [-0.39, 0.29) is 0 Å². The average Bonchev–Trinajstić information content (AvgIpc) is 2.74. The molecule has 18 heavy (non-hydrogen) atoms. The van der Waals surface area contributed by atoms with Crippen LogP contribution in [0.3, 0.4) is 0 Å². The lowest BCUT2D eigenvalue weighted by Crippen LogP contribution is -2.37. The first kappa shape index (κ1) is 11.6. The molecule has 5 nitrogen and oxygen atoms in total. The van der Waals surface area contributed by atoms with Crippen molar-refractivity contribution in [2.45, 2.75) is 20.5 Å². The molecule has 5 heteroatoms. The fraction of sp³-hybridized carbons (Fsp3) is 0.538. The first-order valence-corrected chi connectivity index (χ1v) is 6.34. The summed E-state index contributed by atoms with van der Waals surface area (Å²) < 4.78 is 7.33. The summed E-state index contributed by atoms with van der Waals surface area (Å²) in [7, 11) is 0. The van der Waals surface area contributed by atoms with Crippen LogP contribution in [0.15, 0.2) is 12.1 Å². The number of nitrogens with zero attached hydrogens (tertiary/aromatic N) is 4. The van der Waals surface area contributed by atoms with Gasteiger partial charge < -0.3 is 4.74 Å². The second-order valence-electron chi connectivity index (χ2n) is 4.89. The van der Waals surface area contributed by atoms with Crippen molar-refractivity contribution < 1.29 is 4.74 Å². The molecule has 3 rings (SSSR count). The summed E-state index contributed by atoms with van der Waals surface area (Å²) in [6.45, 7) is 8.58. The Morgan fingerprint density at radius 3 is 2.67 bits per heavy atom. The standard InChI is InChI=1S/C13H18N4O/c1-10-7-12-13(8-11(10)2)17(15-14-12)9-16-3-5-18-6-4-16/h7-8H,3-6,9H2,1-2H3. The lowest BCUT2D eigenvalue weighted by Gasteiger charge is -2.26.